The zero-order valence-electron chi connectivity index (χ0n) is 9.32. The van der Waals surface area contributed by atoms with Gasteiger partial charge < -0.3 is 9.64 Å². The van der Waals surface area contributed by atoms with Crippen LogP contribution >= 0.6 is 0 Å². The number of nitrogens with zero attached hydrogens (tertiary/aromatic N) is 2. The van der Waals surface area contributed by atoms with Crippen molar-refractivity contribution < 1.29 is 18.3 Å². The lowest BCUT2D eigenvalue weighted by molar-refractivity contribution is 0.0705. The van der Waals surface area contributed by atoms with Crippen molar-refractivity contribution in [3.63, 3.8) is 0 Å². The first kappa shape index (κ1) is 11.9. The third kappa shape index (κ3) is 2.26. The van der Waals surface area contributed by atoms with E-state index in [4.69, 9.17) is 4.74 Å². The molecule has 92 valence electrons. The Hall–Kier alpha value is -1.56. The number of carbonyl (C=O) groups is 1. The highest BCUT2D eigenvalue weighted by molar-refractivity contribution is 5.94. The molecule has 1 aromatic rings. The van der Waals surface area contributed by atoms with E-state index < -0.39 is 17.7 Å². The molecule has 0 spiro atoms. The highest BCUT2D eigenvalue weighted by Crippen LogP contribution is 2.16. The monoisotopic (exact) mass is 242 g/mol. The van der Waals surface area contributed by atoms with Crippen molar-refractivity contribution in [2.24, 2.45) is 0 Å². The fraction of sp³-hybridized carbons (Fsp3) is 0.455. The summed E-state index contributed by atoms with van der Waals surface area (Å²) in [5.74, 6) is -3.02. The van der Waals surface area contributed by atoms with Gasteiger partial charge in [-0.15, -0.1) is 0 Å². The molecule has 0 aliphatic carbocycles. The number of likely N-dealkylation sites (N-methyl/N-ethyl adjacent to an activating group) is 1. The van der Waals surface area contributed by atoms with Crippen molar-refractivity contribution in [2.45, 2.75) is 12.5 Å². The average molecular weight is 242 g/mol. The Kier molecular flexibility index (Phi) is 3.33. The number of rotatable bonds is 2. The summed E-state index contributed by atoms with van der Waals surface area (Å²) in [6, 6.07) is 1.09. The van der Waals surface area contributed by atoms with E-state index in [2.05, 4.69) is 4.98 Å². The Labute approximate surface area is 97.2 Å². The number of hydrogen-bond donors (Lipinski definition) is 0. The maximum Gasteiger partial charge on any atom is 0.257 e. The SMILES string of the molecule is CN(C(=O)c1ccnc(F)c1F)C1CCOC1. The molecule has 1 amide bonds. The molecule has 1 aromatic heterocycles. The summed E-state index contributed by atoms with van der Waals surface area (Å²) in [6.45, 7) is 1.01. The largest absolute Gasteiger partial charge is 0.379 e. The first-order valence-electron chi connectivity index (χ1n) is 5.26. The summed E-state index contributed by atoms with van der Waals surface area (Å²) in [7, 11) is 1.56. The molecule has 4 nitrogen and oxygen atoms in total. The minimum Gasteiger partial charge on any atom is -0.379 e. The molecule has 2 heterocycles. The molecule has 1 unspecified atom stereocenters. The van der Waals surface area contributed by atoms with Crippen LogP contribution in [0.5, 0.6) is 0 Å². The Morgan fingerprint density at radius 3 is 3.00 bits per heavy atom. The zero-order chi connectivity index (χ0) is 12.4. The van der Waals surface area contributed by atoms with E-state index in [1.165, 1.54) is 11.0 Å². The first-order valence-corrected chi connectivity index (χ1v) is 5.26. The zero-order valence-corrected chi connectivity index (χ0v) is 9.32. The van der Waals surface area contributed by atoms with Gasteiger partial charge in [-0.1, -0.05) is 0 Å². The highest BCUT2D eigenvalue weighted by Gasteiger charge is 2.27. The van der Waals surface area contributed by atoms with Crippen LogP contribution in [-0.4, -0.2) is 42.1 Å². The number of halogens is 2. The lowest BCUT2D eigenvalue weighted by Crippen LogP contribution is -2.37. The molecule has 0 bridgehead atoms. The quantitative estimate of drug-likeness (QED) is 0.732. The predicted octanol–water partition coefficient (Wildman–Crippen LogP) is 1.22. The second-order valence-corrected chi connectivity index (χ2v) is 3.90. The van der Waals surface area contributed by atoms with E-state index >= 15 is 0 Å². The van der Waals surface area contributed by atoms with Crippen molar-refractivity contribution in [2.75, 3.05) is 20.3 Å². The van der Waals surface area contributed by atoms with Crippen LogP contribution in [0.1, 0.15) is 16.8 Å². The molecular weight excluding hydrogens is 230 g/mol. The van der Waals surface area contributed by atoms with Crippen molar-refractivity contribution in [3.8, 4) is 0 Å². The van der Waals surface area contributed by atoms with E-state index in [-0.39, 0.29) is 11.6 Å². The van der Waals surface area contributed by atoms with Gasteiger partial charge in [0.2, 0.25) is 5.95 Å². The molecule has 0 saturated carbocycles. The number of hydrogen-bond acceptors (Lipinski definition) is 3. The fourth-order valence-electron chi connectivity index (χ4n) is 1.77. The molecule has 0 N–H and O–H groups in total. The maximum absolute atomic E-state index is 13.4. The van der Waals surface area contributed by atoms with Crippen LogP contribution in [0.4, 0.5) is 8.78 Å². The molecule has 17 heavy (non-hydrogen) atoms. The van der Waals surface area contributed by atoms with Gasteiger partial charge in [-0.3, -0.25) is 4.79 Å². The topological polar surface area (TPSA) is 42.4 Å². The summed E-state index contributed by atoms with van der Waals surface area (Å²) < 4.78 is 31.4. The van der Waals surface area contributed by atoms with E-state index in [1.807, 2.05) is 0 Å². The van der Waals surface area contributed by atoms with Crippen LogP contribution in [0.25, 0.3) is 0 Å². The smallest absolute Gasteiger partial charge is 0.257 e. The van der Waals surface area contributed by atoms with E-state index in [0.717, 1.165) is 6.20 Å². The van der Waals surface area contributed by atoms with Gasteiger partial charge >= 0.3 is 0 Å². The van der Waals surface area contributed by atoms with Crippen LogP contribution in [0.3, 0.4) is 0 Å². The molecule has 1 atom stereocenters. The Morgan fingerprint density at radius 2 is 2.35 bits per heavy atom. The van der Waals surface area contributed by atoms with Crippen LogP contribution in [0.15, 0.2) is 12.3 Å². The van der Waals surface area contributed by atoms with Crippen molar-refractivity contribution >= 4 is 5.91 Å². The number of aromatic nitrogens is 1. The van der Waals surface area contributed by atoms with Gasteiger partial charge in [-0.2, -0.15) is 4.39 Å². The van der Waals surface area contributed by atoms with E-state index in [0.29, 0.717) is 19.6 Å². The van der Waals surface area contributed by atoms with Crippen LogP contribution in [0.2, 0.25) is 0 Å². The van der Waals surface area contributed by atoms with Crippen molar-refractivity contribution in [1.29, 1.82) is 0 Å². The summed E-state index contributed by atoms with van der Waals surface area (Å²) in [4.78, 5) is 16.5. The second kappa shape index (κ2) is 4.75. The molecule has 1 fully saturated rings. The van der Waals surface area contributed by atoms with Crippen molar-refractivity contribution in [3.05, 3.63) is 29.6 Å². The summed E-state index contributed by atoms with van der Waals surface area (Å²) in [6.07, 6.45) is 1.78. The molecule has 0 aromatic carbocycles. The highest BCUT2D eigenvalue weighted by atomic mass is 19.2. The van der Waals surface area contributed by atoms with Crippen LogP contribution < -0.4 is 0 Å². The Bertz CT molecular complexity index is 433. The Balaban J connectivity index is 2.21. The third-order valence-corrected chi connectivity index (χ3v) is 2.85. The molecule has 1 aliphatic rings. The average Bonchev–Trinajstić information content (AvgIpc) is 2.84. The lowest BCUT2D eigenvalue weighted by atomic mass is 10.1. The number of pyridine rings is 1. The summed E-state index contributed by atoms with van der Waals surface area (Å²) in [5.41, 5.74) is -0.299. The predicted molar refractivity (Wildman–Crippen MR) is 55.5 cm³/mol. The van der Waals surface area contributed by atoms with Gasteiger partial charge in [0.05, 0.1) is 18.2 Å². The molecule has 6 heteroatoms. The minimum atomic E-state index is -1.26. The number of ether oxygens (including phenoxy) is 1. The van der Waals surface area contributed by atoms with Crippen LogP contribution in [-0.2, 0) is 4.74 Å². The van der Waals surface area contributed by atoms with E-state index in [1.54, 1.807) is 7.05 Å². The molecule has 2 rings (SSSR count). The van der Waals surface area contributed by atoms with Gasteiger partial charge in [0.25, 0.3) is 5.91 Å². The standard InChI is InChI=1S/C11H12F2N2O2/c1-15(7-3-5-17-6-7)11(16)8-2-4-14-10(13)9(8)12/h2,4,7H,3,5-6H2,1H3. The Morgan fingerprint density at radius 1 is 1.59 bits per heavy atom. The van der Waals surface area contributed by atoms with Gasteiger partial charge in [-0.05, 0) is 12.5 Å². The van der Waals surface area contributed by atoms with Crippen molar-refractivity contribution in [1.82, 2.24) is 9.88 Å². The number of amides is 1. The van der Waals surface area contributed by atoms with Gasteiger partial charge in [0, 0.05) is 19.9 Å². The second-order valence-electron chi connectivity index (χ2n) is 3.90. The molecule has 0 radical (unpaired) electrons. The van der Waals surface area contributed by atoms with Gasteiger partial charge in [0.15, 0.2) is 5.82 Å². The molecular formula is C11H12F2N2O2. The third-order valence-electron chi connectivity index (χ3n) is 2.85. The normalized spacial score (nSPS) is 19.4. The van der Waals surface area contributed by atoms with E-state index in [9.17, 15) is 13.6 Å². The summed E-state index contributed by atoms with van der Waals surface area (Å²) >= 11 is 0. The van der Waals surface area contributed by atoms with Gasteiger partial charge in [-0.25, -0.2) is 9.37 Å². The number of carbonyl (C=O) groups excluding carboxylic acids is 1. The maximum atomic E-state index is 13.4. The summed E-state index contributed by atoms with van der Waals surface area (Å²) in [5, 5.41) is 0. The first-order chi connectivity index (χ1) is 8.11. The van der Waals surface area contributed by atoms with Gasteiger partial charge in [0.1, 0.15) is 0 Å². The van der Waals surface area contributed by atoms with Crippen LogP contribution in [0, 0.1) is 11.8 Å². The lowest BCUT2D eigenvalue weighted by Gasteiger charge is -2.23. The fourth-order valence-corrected chi connectivity index (χ4v) is 1.77. The molecule has 1 saturated heterocycles. The minimum absolute atomic E-state index is 0.0851. The molecule has 1 aliphatic heterocycles.